The van der Waals surface area contributed by atoms with Crippen molar-refractivity contribution in [3.63, 3.8) is 0 Å². The maximum absolute atomic E-state index is 11.9. The van der Waals surface area contributed by atoms with Crippen molar-refractivity contribution in [2.75, 3.05) is 27.4 Å². The zero-order valence-corrected chi connectivity index (χ0v) is 10.8. The minimum absolute atomic E-state index is 0.144. The van der Waals surface area contributed by atoms with E-state index in [2.05, 4.69) is 19.2 Å². The minimum Gasteiger partial charge on any atom is -0.468 e. The molecule has 0 heterocycles. The molecule has 4 heteroatoms. The maximum atomic E-state index is 11.9. The molecule has 0 amide bonds. The van der Waals surface area contributed by atoms with E-state index < -0.39 is 5.54 Å². The van der Waals surface area contributed by atoms with E-state index in [4.69, 9.17) is 9.47 Å². The molecule has 0 radical (unpaired) electrons. The van der Waals surface area contributed by atoms with Crippen LogP contribution in [-0.4, -0.2) is 38.9 Å². The lowest BCUT2D eigenvalue weighted by Crippen LogP contribution is -2.52. The molecular formula is C12H23NO3. The largest absolute Gasteiger partial charge is 0.468 e. The van der Waals surface area contributed by atoms with Gasteiger partial charge < -0.3 is 9.47 Å². The standard InChI is InChI=1S/C12H23NO3/c1-11(2)5-6-12(9-11,10(14)16-4)13-7-8-15-3/h13H,5-9H2,1-4H3. The summed E-state index contributed by atoms with van der Waals surface area (Å²) in [4.78, 5) is 11.9. The molecular weight excluding hydrogens is 206 g/mol. The predicted molar refractivity (Wildman–Crippen MR) is 62.3 cm³/mol. The van der Waals surface area contributed by atoms with Crippen molar-refractivity contribution in [2.45, 2.75) is 38.6 Å². The van der Waals surface area contributed by atoms with Crippen LogP contribution in [0.15, 0.2) is 0 Å². The molecule has 1 fully saturated rings. The zero-order chi connectivity index (χ0) is 12.2. The lowest BCUT2D eigenvalue weighted by Gasteiger charge is -2.29. The zero-order valence-electron chi connectivity index (χ0n) is 10.8. The van der Waals surface area contributed by atoms with Gasteiger partial charge in [0, 0.05) is 13.7 Å². The molecule has 94 valence electrons. The van der Waals surface area contributed by atoms with Gasteiger partial charge in [-0.2, -0.15) is 0 Å². The Kier molecular flexibility index (Phi) is 4.33. The number of methoxy groups -OCH3 is 2. The molecule has 4 nitrogen and oxygen atoms in total. The van der Waals surface area contributed by atoms with Crippen molar-refractivity contribution in [1.82, 2.24) is 5.32 Å². The van der Waals surface area contributed by atoms with Crippen LogP contribution in [-0.2, 0) is 14.3 Å². The first-order valence-electron chi connectivity index (χ1n) is 5.78. The van der Waals surface area contributed by atoms with Gasteiger partial charge in [-0.25, -0.2) is 0 Å². The number of ether oxygens (including phenoxy) is 2. The molecule has 1 aliphatic rings. The third-order valence-corrected chi connectivity index (χ3v) is 3.35. The first-order chi connectivity index (χ1) is 7.46. The molecule has 0 aromatic carbocycles. The Hall–Kier alpha value is -0.610. The Balaban J connectivity index is 2.67. The van der Waals surface area contributed by atoms with Gasteiger partial charge in [0.05, 0.1) is 13.7 Å². The highest BCUT2D eigenvalue weighted by Crippen LogP contribution is 2.44. The van der Waals surface area contributed by atoms with Crippen LogP contribution in [0.1, 0.15) is 33.1 Å². The van der Waals surface area contributed by atoms with Crippen LogP contribution >= 0.6 is 0 Å². The second-order valence-electron chi connectivity index (χ2n) is 5.33. The number of nitrogens with one attached hydrogen (secondary N) is 1. The van der Waals surface area contributed by atoms with Gasteiger partial charge in [0.15, 0.2) is 0 Å². The van der Waals surface area contributed by atoms with Crippen molar-refractivity contribution < 1.29 is 14.3 Å². The van der Waals surface area contributed by atoms with E-state index in [0.717, 1.165) is 19.3 Å². The van der Waals surface area contributed by atoms with Crippen LogP contribution in [0, 0.1) is 5.41 Å². The van der Waals surface area contributed by atoms with Gasteiger partial charge in [0.2, 0.25) is 0 Å². The summed E-state index contributed by atoms with van der Waals surface area (Å²) >= 11 is 0. The van der Waals surface area contributed by atoms with Crippen molar-refractivity contribution >= 4 is 5.97 Å². The maximum Gasteiger partial charge on any atom is 0.326 e. The number of esters is 1. The minimum atomic E-state index is -0.503. The van der Waals surface area contributed by atoms with Gasteiger partial charge in [-0.1, -0.05) is 13.8 Å². The first kappa shape index (κ1) is 13.5. The number of hydrogen-bond donors (Lipinski definition) is 1. The second-order valence-corrected chi connectivity index (χ2v) is 5.33. The van der Waals surface area contributed by atoms with Gasteiger partial charge in [-0.15, -0.1) is 0 Å². The van der Waals surface area contributed by atoms with E-state index in [0.29, 0.717) is 13.2 Å². The molecule has 0 spiro atoms. The van der Waals surface area contributed by atoms with Crippen LogP contribution in [0.2, 0.25) is 0 Å². The Morgan fingerprint density at radius 1 is 1.31 bits per heavy atom. The van der Waals surface area contributed by atoms with Crippen molar-refractivity contribution in [1.29, 1.82) is 0 Å². The van der Waals surface area contributed by atoms with E-state index in [-0.39, 0.29) is 11.4 Å². The third-order valence-electron chi connectivity index (χ3n) is 3.35. The first-order valence-corrected chi connectivity index (χ1v) is 5.78. The van der Waals surface area contributed by atoms with Gasteiger partial charge in [0.1, 0.15) is 5.54 Å². The molecule has 0 aromatic rings. The summed E-state index contributed by atoms with van der Waals surface area (Å²) in [5.74, 6) is -0.144. The number of hydrogen-bond acceptors (Lipinski definition) is 4. The van der Waals surface area contributed by atoms with Crippen LogP contribution < -0.4 is 5.32 Å². The summed E-state index contributed by atoms with van der Waals surface area (Å²) < 4.78 is 9.92. The van der Waals surface area contributed by atoms with Gasteiger partial charge >= 0.3 is 5.97 Å². The monoisotopic (exact) mass is 229 g/mol. The lowest BCUT2D eigenvalue weighted by molar-refractivity contribution is -0.148. The predicted octanol–water partition coefficient (Wildman–Crippen LogP) is 1.34. The molecule has 1 rings (SSSR count). The van der Waals surface area contributed by atoms with Crippen molar-refractivity contribution in [2.24, 2.45) is 5.41 Å². The SMILES string of the molecule is COCCNC1(C(=O)OC)CCC(C)(C)C1. The van der Waals surface area contributed by atoms with Crippen molar-refractivity contribution in [3.8, 4) is 0 Å². The van der Waals surface area contributed by atoms with E-state index in [1.807, 2.05) is 0 Å². The van der Waals surface area contributed by atoms with Gasteiger partial charge in [0.25, 0.3) is 0 Å². The van der Waals surface area contributed by atoms with Crippen LogP contribution in [0.25, 0.3) is 0 Å². The fourth-order valence-electron chi connectivity index (χ4n) is 2.53. The molecule has 0 aliphatic heterocycles. The Labute approximate surface area is 97.7 Å². The van der Waals surface area contributed by atoms with Crippen LogP contribution in [0.3, 0.4) is 0 Å². The summed E-state index contributed by atoms with van der Waals surface area (Å²) in [6.07, 6.45) is 2.72. The molecule has 1 saturated carbocycles. The molecule has 0 aromatic heterocycles. The van der Waals surface area contributed by atoms with E-state index in [1.54, 1.807) is 7.11 Å². The highest BCUT2D eigenvalue weighted by molar-refractivity contribution is 5.81. The Morgan fingerprint density at radius 3 is 2.44 bits per heavy atom. The fourth-order valence-corrected chi connectivity index (χ4v) is 2.53. The third kappa shape index (κ3) is 2.95. The number of carbonyl (C=O) groups is 1. The average Bonchev–Trinajstić information content (AvgIpc) is 2.55. The Morgan fingerprint density at radius 2 is 2.00 bits per heavy atom. The summed E-state index contributed by atoms with van der Waals surface area (Å²) in [5.41, 5.74) is -0.301. The average molecular weight is 229 g/mol. The second kappa shape index (κ2) is 5.15. The number of rotatable bonds is 5. The molecule has 1 N–H and O–H groups in total. The summed E-state index contributed by atoms with van der Waals surface area (Å²) in [7, 11) is 3.11. The van der Waals surface area contributed by atoms with E-state index >= 15 is 0 Å². The van der Waals surface area contributed by atoms with Gasteiger partial charge in [-0.05, 0) is 24.7 Å². The molecule has 0 saturated heterocycles. The van der Waals surface area contributed by atoms with Crippen molar-refractivity contribution in [3.05, 3.63) is 0 Å². The highest BCUT2D eigenvalue weighted by atomic mass is 16.5. The van der Waals surface area contributed by atoms with E-state index in [9.17, 15) is 4.79 Å². The van der Waals surface area contributed by atoms with Crippen LogP contribution in [0.4, 0.5) is 0 Å². The lowest BCUT2D eigenvalue weighted by atomic mass is 9.87. The fraction of sp³-hybridized carbons (Fsp3) is 0.917. The quantitative estimate of drug-likeness (QED) is 0.571. The Bertz CT molecular complexity index is 253. The molecule has 0 bridgehead atoms. The molecule has 1 atom stereocenters. The summed E-state index contributed by atoms with van der Waals surface area (Å²) in [6, 6.07) is 0. The normalized spacial score (nSPS) is 28.0. The topological polar surface area (TPSA) is 47.6 Å². The summed E-state index contributed by atoms with van der Waals surface area (Å²) in [6.45, 7) is 5.67. The molecule has 16 heavy (non-hydrogen) atoms. The number of carbonyl (C=O) groups excluding carboxylic acids is 1. The highest BCUT2D eigenvalue weighted by Gasteiger charge is 2.48. The molecule has 1 unspecified atom stereocenters. The molecule has 1 aliphatic carbocycles. The van der Waals surface area contributed by atoms with E-state index in [1.165, 1.54) is 7.11 Å². The summed E-state index contributed by atoms with van der Waals surface area (Å²) in [5, 5.41) is 3.30. The smallest absolute Gasteiger partial charge is 0.326 e. The van der Waals surface area contributed by atoms with Crippen LogP contribution in [0.5, 0.6) is 0 Å². The van der Waals surface area contributed by atoms with Gasteiger partial charge in [-0.3, -0.25) is 10.1 Å².